The second-order valence-electron chi connectivity index (χ2n) is 19.4. The molecule has 0 bridgehead atoms. The molecular formula is C69H40N4OS2. The van der Waals surface area contributed by atoms with E-state index in [-0.39, 0.29) is 0 Å². The van der Waals surface area contributed by atoms with Gasteiger partial charge in [-0.25, -0.2) is 15.0 Å². The number of hydrogen-bond donors (Lipinski definition) is 0. The van der Waals surface area contributed by atoms with Gasteiger partial charge in [0.25, 0.3) is 0 Å². The first-order valence-electron chi connectivity index (χ1n) is 25.5. The lowest BCUT2D eigenvalue weighted by atomic mass is 9.95. The van der Waals surface area contributed by atoms with Gasteiger partial charge in [0.1, 0.15) is 11.2 Å². The number of thiophene rings is 2. The van der Waals surface area contributed by atoms with Crippen molar-refractivity contribution in [3.8, 4) is 73.2 Å². The van der Waals surface area contributed by atoms with Gasteiger partial charge in [-0.15, -0.1) is 22.7 Å². The van der Waals surface area contributed by atoms with Crippen molar-refractivity contribution >= 4 is 107 Å². The highest BCUT2D eigenvalue weighted by Gasteiger charge is 2.22. The van der Waals surface area contributed by atoms with E-state index in [2.05, 4.69) is 217 Å². The van der Waals surface area contributed by atoms with E-state index in [4.69, 9.17) is 19.4 Å². The molecule has 0 aliphatic rings. The minimum absolute atomic E-state index is 0.582. The molecule has 5 aromatic heterocycles. The molecule has 0 radical (unpaired) electrons. The maximum absolute atomic E-state index is 6.67. The molecule has 11 aromatic carbocycles. The van der Waals surface area contributed by atoms with Crippen LogP contribution in [-0.2, 0) is 0 Å². The third-order valence-electron chi connectivity index (χ3n) is 15.1. The van der Waals surface area contributed by atoms with Gasteiger partial charge in [-0.3, -0.25) is 0 Å². The molecule has 0 saturated carbocycles. The Bertz CT molecular complexity index is 5010. The van der Waals surface area contributed by atoms with Gasteiger partial charge in [-0.05, 0) is 112 Å². The van der Waals surface area contributed by atoms with Crippen molar-refractivity contribution in [3.63, 3.8) is 0 Å². The molecule has 7 heteroatoms. The van der Waals surface area contributed by atoms with Crippen molar-refractivity contribution in [2.45, 2.75) is 0 Å². The SMILES string of the molecule is c1ccc(-c2nc(-c3ccccc3-c3cccc4sc5ccccc5c34)nc(-c3cccc4oc5ccc(-c6ccc7sc8cccc(-c9ccc%10c(c9)c9ccccc9n%10-c9ccccc9)c8c7c6)cc5c34)n2)cc1. The van der Waals surface area contributed by atoms with Crippen molar-refractivity contribution in [2.75, 3.05) is 0 Å². The lowest BCUT2D eigenvalue weighted by molar-refractivity contribution is 0.669. The summed E-state index contributed by atoms with van der Waals surface area (Å²) in [6.45, 7) is 0. The van der Waals surface area contributed by atoms with Crippen LogP contribution in [0, 0.1) is 0 Å². The van der Waals surface area contributed by atoms with Crippen molar-refractivity contribution in [3.05, 3.63) is 243 Å². The van der Waals surface area contributed by atoms with Crippen LogP contribution in [0.4, 0.5) is 0 Å². The Morgan fingerprint density at radius 3 is 1.67 bits per heavy atom. The summed E-state index contributed by atoms with van der Waals surface area (Å²) >= 11 is 3.67. The zero-order chi connectivity index (χ0) is 49.8. The summed E-state index contributed by atoms with van der Waals surface area (Å²) in [6, 6.07) is 86.8. The molecule has 0 saturated heterocycles. The number of hydrogen-bond acceptors (Lipinski definition) is 6. The van der Waals surface area contributed by atoms with Crippen LogP contribution in [0.2, 0.25) is 0 Å². The fourth-order valence-corrected chi connectivity index (χ4v) is 13.9. The first-order chi connectivity index (χ1) is 37.7. The summed E-state index contributed by atoms with van der Waals surface area (Å²) in [5.74, 6) is 1.80. The number of benzene rings is 11. The van der Waals surface area contributed by atoms with Gasteiger partial charge < -0.3 is 8.98 Å². The zero-order valence-corrected chi connectivity index (χ0v) is 42.2. The Kier molecular flexibility index (Phi) is 9.61. The highest BCUT2D eigenvalue weighted by Crippen LogP contribution is 2.46. The van der Waals surface area contributed by atoms with E-state index >= 15 is 0 Å². The van der Waals surface area contributed by atoms with Crippen LogP contribution in [0.25, 0.3) is 157 Å². The van der Waals surface area contributed by atoms with E-state index in [9.17, 15) is 0 Å². The Morgan fingerprint density at radius 2 is 0.842 bits per heavy atom. The van der Waals surface area contributed by atoms with Crippen LogP contribution in [0.3, 0.4) is 0 Å². The molecule has 0 spiro atoms. The Labute approximate surface area is 443 Å². The predicted molar refractivity (Wildman–Crippen MR) is 320 cm³/mol. The molecule has 0 aliphatic heterocycles. The molecule has 16 rings (SSSR count). The van der Waals surface area contributed by atoms with E-state index in [1.807, 2.05) is 53.0 Å². The summed E-state index contributed by atoms with van der Waals surface area (Å²) in [7, 11) is 0. The van der Waals surface area contributed by atoms with E-state index < -0.39 is 0 Å². The van der Waals surface area contributed by atoms with E-state index in [1.54, 1.807) is 0 Å². The maximum Gasteiger partial charge on any atom is 0.164 e. The van der Waals surface area contributed by atoms with E-state index in [0.717, 1.165) is 66.6 Å². The molecule has 0 aliphatic carbocycles. The van der Waals surface area contributed by atoms with E-state index in [0.29, 0.717) is 17.5 Å². The summed E-state index contributed by atoms with van der Waals surface area (Å²) < 4.78 is 14.1. The maximum atomic E-state index is 6.67. The fourth-order valence-electron chi connectivity index (χ4n) is 11.7. The Morgan fingerprint density at radius 1 is 0.289 bits per heavy atom. The number of aromatic nitrogens is 4. The predicted octanol–water partition coefficient (Wildman–Crippen LogP) is 19.6. The highest BCUT2D eigenvalue weighted by molar-refractivity contribution is 7.26. The van der Waals surface area contributed by atoms with Crippen molar-refractivity contribution in [1.29, 1.82) is 0 Å². The van der Waals surface area contributed by atoms with Gasteiger partial charge in [-0.2, -0.15) is 0 Å². The largest absolute Gasteiger partial charge is 0.456 e. The van der Waals surface area contributed by atoms with Crippen molar-refractivity contribution in [1.82, 2.24) is 19.5 Å². The highest BCUT2D eigenvalue weighted by atomic mass is 32.1. The second kappa shape index (κ2) is 17.0. The Hall–Kier alpha value is -9.53. The average Bonchev–Trinajstić information content (AvgIpc) is 4.31. The smallest absolute Gasteiger partial charge is 0.164 e. The topological polar surface area (TPSA) is 56.7 Å². The van der Waals surface area contributed by atoms with Gasteiger partial charge in [0.15, 0.2) is 17.5 Å². The molecule has 0 N–H and O–H groups in total. The van der Waals surface area contributed by atoms with Gasteiger partial charge in [-0.1, -0.05) is 164 Å². The average molecular weight is 1010 g/mol. The number of furan rings is 1. The first-order valence-corrected chi connectivity index (χ1v) is 27.1. The number of rotatable bonds is 7. The standard InChI is InChI=1S/C69H40N4OS2/c1-3-16-41(17-4-1)67-70-68(50-22-8-7-20-47(50)49-25-15-31-63-66(49)51-23-10-12-29-60(51)75-63)72-69(71-67)52-26-13-28-59-64(52)54-38-42(33-36-58(54)74-59)43-34-37-61-55(39-43)65-46(24-14-30-62(65)76-61)44-32-35-57-53(40-44)48-21-9-11-27-56(48)73(57)45-18-5-2-6-19-45/h1-40H. The molecule has 16 aromatic rings. The van der Waals surface area contributed by atoms with Crippen LogP contribution < -0.4 is 0 Å². The van der Waals surface area contributed by atoms with Crippen LogP contribution >= 0.6 is 22.7 Å². The summed E-state index contributed by atoms with van der Waals surface area (Å²) in [4.78, 5) is 15.9. The van der Waals surface area contributed by atoms with Crippen LogP contribution in [-0.4, -0.2) is 19.5 Å². The third-order valence-corrected chi connectivity index (χ3v) is 17.4. The van der Waals surface area contributed by atoms with Gasteiger partial charge in [0, 0.05) is 84.3 Å². The van der Waals surface area contributed by atoms with Crippen LogP contribution in [0.15, 0.2) is 247 Å². The fraction of sp³-hybridized carbons (Fsp3) is 0. The lowest BCUT2D eigenvalue weighted by Crippen LogP contribution is -2.01. The monoisotopic (exact) mass is 1000 g/mol. The molecule has 76 heavy (non-hydrogen) atoms. The van der Waals surface area contributed by atoms with Gasteiger partial charge in [0.2, 0.25) is 0 Å². The molecule has 5 nitrogen and oxygen atoms in total. The number of para-hydroxylation sites is 2. The van der Waals surface area contributed by atoms with Crippen molar-refractivity contribution < 1.29 is 4.42 Å². The lowest BCUT2D eigenvalue weighted by Gasteiger charge is -2.13. The van der Waals surface area contributed by atoms with Gasteiger partial charge >= 0.3 is 0 Å². The third kappa shape index (κ3) is 6.73. The summed E-state index contributed by atoms with van der Waals surface area (Å²) in [5, 5.41) is 9.46. The summed E-state index contributed by atoms with van der Waals surface area (Å²) in [5.41, 5.74) is 14.8. The molecular weight excluding hydrogens is 965 g/mol. The molecule has 354 valence electrons. The quantitative estimate of drug-likeness (QED) is 0.160. The van der Waals surface area contributed by atoms with Crippen LogP contribution in [0.5, 0.6) is 0 Å². The van der Waals surface area contributed by atoms with Gasteiger partial charge in [0.05, 0.1) is 11.0 Å². The minimum atomic E-state index is 0.582. The minimum Gasteiger partial charge on any atom is -0.456 e. The zero-order valence-electron chi connectivity index (χ0n) is 40.6. The van der Waals surface area contributed by atoms with Crippen molar-refractivity contribution in [2.24, 2.45) is 0 Å². The van der Waals surface area contributed by atoms with Crippen LogP contribution in [0.1, 0.15) is 0 Å². The molecule has 0 amide bonds. The number of fused-ring (bicyclic) bond motifs is 12. The second-order valence-corrected chi connectivity index (χ2v) is 21.6. The normalized spacial score (nSPS) is 11.9. The van der Waals surface area contributed by atoms with E-state index in [1.165, 1.54) is 73.3 Å². The molecule has 0 fully saturated rings. The summed E-state index contributed by atoms with van der Waals surface area (Å²) in [6.07, 6.45) is 0. The Balaban J connectivity index is 0.843. The molecule has 5 heterocycles. The number of nitrogens with zero attached hydrogens (tertiary/aromatic N) is 4. The first kappa shape index (κ1) is 42.9. The molecule has 0 unspecified atom stereocenters. The molecule has 0 atom stereocenters.